The summed E-state index contributed by atoms with van der Waals surface area (Å²) in [5.74, 6) is -0.469. The molecule has 0 saturated heterocycles. The average molecular weight is 352 g/mol. The van der Waals surface area contributed by atoms with Gasteiger partial charge in [0.25, 0.3) is 0 Å². The summed E-state index contributed by atoms with van der Waals surface area (Å²) in [5.41, 5.74) is -0.0224. The van der Waals surface area contributed by atoms with Gasteiger partial charge in [0.05, 0.1) is 5.02 Å². The molecule has 8 heteroatoms. The van der Waals surface area contributed by atoms with Crippen LogP contribution in [0.2, 0.25) is 5.02 Å². The topological polar surface area (TPSA) is 47.6 Å². The van der Waals surface area contributed by atoms with Crippen molar-refractivity contribution in [2.24, 2.45) is 0 Å². The number of benzene rings is 1. The zero-order valence-electron chi connectivity index (χ0n) is 12.8. The summed E-state index contributed by atoms with van der Waals surface area (Å²) in [6, 6.07) is 3.86. The van der Waals surface area contributed by atoms with E-state index in [1.54, 1.807) is 32.9 Å². The molecule has 1 aromatic carbocycles. The van der Waals surface area contributed by atoms with Gasteiger partial charge in [-0.2, -0.15) is 0 Å². The van der Waals surface area contributed by atoms with Gasteiger partial charge in [-0.25, -0.2) is 4.79 Å². The third-order valence-electron chi connectivity index (χ3n) is 2.26. The Morgan fingerprint density at radius 1 is 1.30 bits per heavy atom. The van der Waals surface area contributed by atoms with Crippen molar-refractivity contribution in [2.75, 3.05) is 6.54 Å². The van der Waals surface area contributed by atoms with Crippen LogP contribution in [-0.4, -0.2) is 24.6 Å². The summed E-state index contributed by atoms with van der Waals surface area (Å²) >= 11 is 5.72. The van der Waals surface area contributed by atoms with Gasteiger partial charge >= 0.3 is 12.5 Å². The van der Waals surface area contributed by atoms with E-state index in [0.29, 0.717) is 5.56 Å². The minimum absolute atomic E-state index is 0.162. The van der Waals surface area contributed by atoms with Crippen LogP contribution in [-0.2, 0) is 4.74 Å². The lowest BCUT2D eigenvalue weighted by Crippen LogP contribution is -2.32. The SMILES string of the molecule is CC(C)(C)OC(=O)NCC=Cc1ccc(OC(F)(F)F)c(Cl)c1. The molecule has 0 spiro atoms. The molecule has 0 unspecified atom stereocenters. The molecule has 128 valence electrons. The first kappa shape index (κ1) is 19.2. The smallest absolute Gasteiger partial charge is 0.444 e. The normalized spacial score (nSPS) is 12.3. The second-order valence-electron chi connectivity index (χ2n) is 5.52. The summed E-state index contributed by atoms with van der Waals surface area (Å²) in [4.78, 5) is 11.4. The lowest BCUT2D eigenvalue weighted by Gasteiger charge is -2.19. The highest BCUT2D eigenvalue weighted by molar-refractivity contribution is 6.32. The number of alkyl carbamates (subject to hydrolysis) is 1. The van der Waals surface area contributed by atoms with Gasteiger partial charge in [0.15, 0.2) is 0 Å². The molecule has 0 aliphatic rings. The quantitative estimate of drug-likeness (QED) is 0.849. The summed E-state index contributed by atoms with van der Waals surface area (Å²) in [7, 11) is 0. The second-order valence-corrected chi connectivity index (χ2v) is 5.93. The Bertz CT molecular complexity index is 580. The molecular formula is C15H17ClF3NO3. The van der Waals surface area contributed by atoms with Crippen molar-refractivity contribution in [2.45, 2.75) is 32.7 Å². The maximum absolute atomic E-state index is 12.1. The Hall–Kier alpha value is -1.89. The first-order valence-electron chi connectivity index (χ1n) is 6.65. The highest BCUT2D eigenvalue weighted by Gasteiger charge is 2.31. The average Bonchev–Trinajstić information content (AvgIpc) is 2.34. The number of hydrogen-bond acceptors (Lipinski definition) is 3. The predicted octanol–water partition coefficient (Wildman–Crippen LogP) is 4.78. The van der Waals surface area contributed by atoms with E-state index in [0.717, 1.165) is 6.07 Å². The number of hydrogen-bond donors (Lipinski definition) is 1. The maximum atomic E-state index is 12.1. The Balaban J connectivity index is 2.55. The zero-order chi connectivity index (χ0) is 17.7. The molecular weight excluding hydrogens is 335 g/mol. The number of alkyl halides is 3. The minimum Gasteiger partial charge on any atom is -0.444 e. The molecule has 1 aromatic rings. The molecule has 0 aromatic heterocycles. The van der Waals surface area contributed by atoms with E-state index in [2.05, 4.69) is 10.1 Å². The fourth-order valence-corrected chi connectivity index (χ4v) is 1.71. The van der Waals surface area contributed by atoms with E-state index in [9.17, 15) is 18.0 Å². The molecule has 0 aliphatic heterocycles. The summed E-state index contributed by atoms with van der Waals surface area (Å²) in [6.07, 6.45) is -2.15. The van der Waals surface area contributed by atoms with Crippen molar-refractivity contribution in [3.8, 4) is 5.75 Å². The van der Waals surface area contributed by atoms with Gasteiger partial charge in [0, 0.05) is 6.54 Å². The number of amides is 1. The van der Waals surface area contributed by atoms with E-state index in [1.807, 2.05) is 0 Å². The van der Waals surface area contributed by atoms with Crippen molar-refractivity contribution in [1.29, 1.82) is 0 Å². The van der Waals surface area contributed by atoms with E-state index >= 15 is 0 Å². The molecule has 23 heavy (non-hydrogen) atoms. The Morgan fingerprint density at radius 2 is 1.96 bits per heavy atom. The number of carbonyl (C=O) groups excluding carboxylic acids is 1. The van der Waals surface area contributed by atoms with Crippen LogP contribution >= 0.6 is 11.6 Å². The zero-order valence-corrected chi connectivity index (χ0v) is 13.6. The van der Waals surface area contributed by atoms with Crippen LogP contribution in [0.4, 0.5) is 18.0 Å². The molecule has 0 heterocycles. The predicted molar refractivity (Wildman–Crippen MR) is 81.4 cm³/mol. The second kappa shape index (κ2) is 7.59. The Labute approximate surface area is 137 Å². The van der Waals surface area contributed by atoms with Gasteiger partial charge < -0.3 is 14.8 Å². The number of rotatable bonds is 4. The maximum Gasteiger partial charge on any atom is 0.573 e. The molecule has 1 N–H and O–H groups in total. The number of ether oxygens (including phenoxy) is 2. The molecule has 4 nitrogen and oxygen atoms in total. The van der Waals surface area contributed by atoms with Crippen molar-refractivity contribution in [3.05, 3.63) is 34.9 Å². The van der Waals surface area contributed by atoms with Crippen LogP contribution in [0, 0.1) is 0 Å². The van der Waals surface area contributed by atoms with E-state index in [-0.39, 0.29) is 11.6 Å². The minimum atomic E-state index is -4.79. The van der Waals surface area contributed by atoms with Crippen molar-refractivity contribution in [1.82, 2.24) is 5.32 Å². The van der Waals surface area contributed by atoms with Crippen molar-refractivity contribution >= 4 is 23.8 Å². The van der Waals surface area contributed by atoms with Gasteiger partial charge in [-0.1, -0.05) is 29.8 Å². The molecule has 0 atom stereocenters. The number of halogens is 4. The van der Waals surface area contributed by atoms with Gasteiger partial charge in [0.2, 0.25) is 0 Å². The molecule has 0 saturated carbocycles. The van der Waals surface area contributed by atoms with Crippen LogP contribution in [0.1, 0.15) is 26.3 Å². The first-order valence-corrected chi connectivity index (χ1v) is 7.03. The van der Waals surface area contributed by atoms with Gasteiger partial charge in [0.1, 0.15) is 11.4 Å². The van der Waals surface area contributed by atoms with Gasteiger partial charge in [-0.15, -0.1) is 13.2 Å². The summed E-state index contributed by atoms with van der Waals surface area (Å²) in [5, 5.41) is 2.35. The Kier molecular flexibility index (Phi) is 6.32. The molecule has 0 fully saturated rings. The lowest BCUT2D eigenvalue weighted by molar-refractivity contribution is -0.274. The first-order chi connectivity index (χ1) is 10.5. The third-order valence-corrected chi connectivity index (χ3v) is 2.55. The van der Waals surface area contributed by atoms with E-state index in [1.165, 1.54) is 12.1 Å². The van der Waals surface area contributed by atoms with E-state index in [4.69, 9.17) is 16.3 Å². The monoisotopic (exact) mass is 351 g/mol. The number of nitrogens with one attached hydrogen (secondary N) is 1. The molecule has 0 radical (unpaired) electrons. The van der Waals surface area contributed by atoms with Gasteiger partial charge in [-0.3, -0.25) is 0 Å². The third kappa shape index (κ3) is 8.35. The molecule has 1 rings (SSSR count). The summed E-state index contributed by atoms with van der Waals surface area (Å²) < 4.78 is 45.2. The fraction of sp³-hybridized carbons (Fsp3) is 0.400. The van der Waals surface area contributed by atoms with Crippen LogP contribution in [0.25, 0.3) is 6.08 Å². The van der Waals surface area contributed by atoms with Crippen LogP contribution < -0.4 is 10.1 Å². The van der Waals surface area contributed by atoms with Crippen molar-refractivity contribution < 1.29 is 27.4 Å². The van der Waals surface area contributed by atoms with Crippen LogP contribution in [0.15, 0.2) is 24.3 Å². The summed E-state index contributed by atoms with van der Waals surface area (Å²) in [6.45, 7) is 5.44. The highest BCUT2D eigenvalue weighted by Crippen LogP contribution is 2.30. The largest absolute Gasteiger partial charge is 0.573 e. The van der Waals surface area contributed by atoms with Gasteiger partial charge in [-0.05, 0) is 38.5 Å². The standard InChI is InChI=1S/C15H17ClF3NO3/c1-14(2,3)23-13(21)20-8-4-5-10-6-7-12(11(16)9-10)22-15(17,18)19/h4-7,9H,8H2,1-3H3,(H,20,21). The number of carbonyl (C=O) groups is 1. The fourth-order valence-electron chi connectivity index (χ4n) is 1.48. The Morgan fingerprint density at radius 3 is 2.48 bits per heavy atom. The van der Waals surface area contributed by atoms with Crippen LogP contribution in [0.3, 0.4) is 0 Å². The molecule has 0 bridgehead atoms. The van der Waals surface area contributed by atoms with E-state index < -0.39 is 23.8 Å². The van der Waals surface area contributed by atoms with Crippen LogP contribution in [0.5, 0.6) is 5.75 Å². The molecule has 0 aliphatic carbocycles. The highest BCUT2D eigenvalue weighted by atomic mass is 35.5. The molecule has 1 amide bonds. The van der Waals surface area contributed by atoms with Crippen molar-refractivity contribution in [3.63, 3.8) is 0 Å². The lowest BCUT2D eigenvalue weighted by atomic mass is 10.2.